The first-order valence-electron chi connectivity index (χ1n) is 5.61. The molecular formula is C11H17N3OS. The zero-order valence-corrected chi connectivity index (χ0v) is 10.1. The Balaban J connectivity index is 1.67. The van der Waals surface area contributed by atoms with Gasteiger partial charge in [-0.3, -0.25) is 4.79 Å². The zero-order chi connectivity index (χ0) is 11.2. The summed E-state index contributed by atoms with van der Waals surface area (Å²) in [5.41, 5.74) is 0. The molecular weight excluding hydrogens is 222 g/mol. The Morgan fingerprint density at radius 3 is 3.00 bits per heavy atom. The molecule has 5 heteroatoms. The third-order valence-electron chi connectivity index (χ3n) is 2.65. The van der Waals surface area contributed by atoms with Crippen LogP contribution < -0.4 is 10.6 Å². The standard InChI is InChI=1S/C11H17N3OS/c15-10(13-11-2-1-9-16-11)3-6-14-7-4-12-5-8-14/h1-2,9,12H,3-8H2,(H,13,15). The van der Waals surface area contributed by atoms with E-state index in [1.54, 1.807) is 11.3 Å². The second-order valence-corrected chi connectivity index (χ2v) is 4.81. The Morgan fingerprint density at radius 2 is 2.31 bits per heavy atom. The molecule has 16 heavy (non-hydrogen) atoms. The molecule has 1 aliphatic heterocycles. The number of amides is 1. The van der Waals surface area contributed by atoms with Crippen molar-refractivity contribution in [1.82, 2.24) is 10.2 Å². The Kier molecular flexibility index (Phi) is 4.33. The van der Waals surface area contributed by atoms with E-state index in [0.717, 1.165) is 37.7 Å². The molecule has 2 rings (SSSR count). The molecule has 1 amide bonds. The highest BCUT2D eigenvalue weighted by Gasteiger charge is 2.11. The van der Waals surface area contributed by atoms with E-state index >= 15 is 0 Å². The van der Waals surface area contributed by atoms with Gasteiger partial charge in [-0.15, -0.1) is 11.3 Å². The molecule has 0 atom stereocenters. The van der Waals surface area contributed by atoms with Crippen LogP contribution in [0.1, 0.15) is 6.42 Å². The summed E-state index contributed by atoms with van der Waals surface area (Å²) in [5, 5.41) is 9.10. The summed E-state index contributed by atoms with van der Waals surface area (Å²) in [6, 6.07) is 3.87. The lowest BCUT2D eigenvalue weighted by Gasteiger charge is -2.26. The molecule has 1 aliphatic rings. The number of carbonyl (C=O) groups is 1. The van der Waals surface area contributed by atoms with Crippen molar-refractivity contribution in [2.75, 3.05) is 38.0 Å². The summed E-state index contributed by atoms with van der Waals surface area (Å²) in [6.07, 6.45) is 0.581. The molecule has 2 N–H and O–H groups in total. The lowest BCUT2D eigenvalue weighted by molar-refractivity contribution is -0.116. The van der Waals surface area contributed by atoms with E-state index in [4.69, 9.17) is 0 Å². The summed E-state index contributed by atoms with van der Waals surface area (Å²) in [5.74, 6) is 0.112. The van der Waals surface area contributed by atoms with Gasteiger partial charge >= 0.3 is 0 Å². The molecule has 1 aromatic heterocycles. The molecule has 2 heterocycles. The number of rotatable bonds is 4. The van der Waals surface area contributed by atoms with Gasteiger partial charge in [-0.05, 0) is 17.5 Å². The van der Waals surface area contributed by atoms with Crippen molar-refractivity contribution in [2.45, 2.75) is 6.42 Å². The number of nitrogens with zero attached hydrogens (tertiary/aromatic N) is 1. The van der Waals surface area contributed by atoms with Crippen molar-refractivity contribution < 1.29 is 4.79 Å². The average molecular weight is 239 g/mol. The SMILES string of the molecule is O=C(CCN1CCNCC1)Nc1cccs1. The Morgan fingerprint density at radius 1 is 1.50 bits per heavy atom. The number of hydrogen-bond donors (Lipinski definition) is 2. The van der Waals surface area contributed by atoms with Crippen LogP contribution in [-0.4, -0.2) is 43.5 Å². The second-order valence-electron chi connectivity index (χ2n) is 3.87. The molecule has 0 radical (unpaired) electrons. The predicted molar refractivity (Wildman–Crippen MR) is 66.9 cm³/mol. The fraction of sp³-hybridized carbons (Fsp3) is 0.545. The van der Waals surface area contributed by atoms with Crippen molar-refractivity contribution in [1.29, 1.82) is 0 Å². The molecule has 0 unspecified atom stereocenters. The summed E-state index contributed by atoms with van der Waals surface area (Å²) in [7, 11) is 0. The van der Waals surface area contributed by atoms with E-state index in [1.165, 1.54) is 0 Å². The average Bonchev–Trinajstić information content (AvgIpc) is 2.81. The van der Waals surface area contributed by atoms with E-state index in [2.05, 4.69) is 15.5 Å². The van der Waals surface area contributed by atoms with Crippen LogP contribution in [0.5, 0.6) is 0 Å². The van der Waals surface area contributed by atoms with Gasteiger partial charge in [-0.2, -0.15) is 0 Å². The quantitative estimate of drug-likeness (QED) is 0.823. The predicted octanol–water partition coefficient (Wildman–Crippen LogP) is 0.982. The first kappa shape index (κ1) is 11.6. The molecule has 88 valence electrons. The number of carbonyl (C=O) groups excluding carboxylic acids is 1. The molecule has 1 saturated heterocycles. The Hall–Kier alpha value is -0.910. The summed E-state index contributed by atoms with van der Waals surface area (Å²) < 4.78 is 0. The fourth-order valence-electron chi connectivity index (χ4n) is 1.74. The first-order chi connectivity index (χ1) is 7.84. The van der Waals surface area contributed by atoms with Gasteiger partial charge in [0.15, 0.2) is 0 Å². The van der Waals surface area contributed by atoms with Crippen LogP contribution in [0.25, 0.3) is 0 Å². The first-order valence-corrected chi connectivity index (χ1v) is 6.49. The minimum absolute atomic E-state index is 0.112. The number of thiophene rings is 1. The van der Waals surface area contributed by atoms with Crippen LogP contribution in [0.3, 0.4) is 0 Å². The van der Waals surface area contributed by atoms with Crippen LogP contribution in [0.15, 0.2) is 17.5 Å². The monoisotopic (exact) mass is 239 g/mol. The van der Waals surface area contributed by atoms with Gasteiger partial charge in [-0.25, -0.2) is 0 Å². The van der Waals surface area contributed by atoms with Gasteiger partial charge in [0.25, 0.3) is 0 Å². The van der Waals surface area contributed by atoms with E-state index in [-0.39, 0.29) is 5.91 Å². The van der Waals surface area contributed by atoms with Gasteiger partial charge in [-0.1, -0.05) is 0 Å². The number of anilines is 1. The summed E-state index contributed by atoms with van der Waals surface area (Å²) in [6.45, 7) is 5.02. The third kappa shape index (κ3) is 3.59. The van der Waals surface area contributed by atoms with Gasteiger partial charge in [0, 0.05) is 39.1 Å². The van der Waals surface area contributed by atoms with Crippen LogP contribution in [0, 0.1) is 0 Å². The van der Waals surface area contributed by atoms with E-state index in [0.29, 0.717) is 6.42 Å². The van der Waals surface area contributed by atoms with Crippen LogP contribution in [0.4, 0.5) is 5.00 Å². The third-order valence-corrected chi connectivity index (χ3v) is 3.43. The van der Waals surface area contributed by atoms with Crippen molar-refractivity contribution >= 4 is 22.2 Å². The smallest absolute Gasteiger partial charge is 0.226 e. The maximum Gasteiger partial charge on any atom is 0.226 e. The second kappa shape index (κ2) is 5.98. The van der Waals surface area contributed by atoms with Crippen molar-refractivity contribution in [2.24, 2.45) is 0 Å². The maximum absolute atomic E-state index is 11.6. The highest BCUT2D eigenvalue weighted by molar-refractivity contribution is 7.14. The summed E-state index contributed by atoms with van der Waals surface area (Å²) >= 11 is 1.56. The van der Waals surface area contributed by atoms with Gasteiger partial charge in [0.05, 0.1) is 5.00 Å². The lowest BCUT2D eigenvalue weighted by atomic mass is 10.3. The number of piperazine rings is 1. The fourth-order valence-corrected chi connectivity index (χ4v) is 2.38. The topological polar surface area (TPSA) is 44.4 Å². The summed E-state index contributed by atoms with van der Waals surface area (Å²) in [4.78, 5) is 13.9. The minimum Gasteiger partial charge on any atom is -0.318 e. The normalized spacial score (nSPS) is 17.2. The highest BCUT2D eigenvalue weighted by Crippen LogP contribution is 2.14. The molecule has 0 aliphatic carbocycles. The van der Waals surface area contributed by atoms with Crippen LogP contribution in [0.2, 0.25) is 0 Å². The van der Waals surface area contributed by atoms with Crippen LogP contribution >= 0.6 is 11.3 Å². The molecule has 0 bridgehead atoms. The van der Waals surface area contributed by atoms with Gasteiger partial charge < -0.3 is 15.5 Å². The van der Waals surface area contributed by atoms with Gasteiger partial charge in [0.2, 0.25) is 5.91 Å². The minimum atomic E-state index is 0.112. The zero-order valence-electron chi connectivity index (χ0n) is 9.24. The van der Waals surface area contributed by atoms with Crippen LogP contribution in [-0.2, 0) is 4.79 Å². The Labute approximate surface area is 99.6 Å². The molecule has 0 spiro atoms. The van der Waals surface area contributed by atoms with Crippen molar-refractivity contribution in [3.63, 3.8) is 0 Å². The van der Waals surface area contributed by atoms with E-state index < -0.39 is 0 Å². The van der Waals surface area contributed by atoms with E-state index in [1.807, 2.05) is 17.5 Å². The maximum atomic E-state index is 11.6. The van der Waals surface area contributed by atoms with Crippen molar-refractivity contribution in [3.05, 3.63) is 17.5 Å². The molecule has 1 fully saturated rings. The molecule has 0 aromatic carbocycles. The molecule has 4 nitrogen and oxygen atoms in total. The lowest BCUT2D eigenvalue weighted by Crippen LogP contribution is -2.44. The molecule has 0 saturated carbocycles. The molecule has 1 aromatic rings. The Bertz CT molecular complexity index is 320. The highest BCUT2D eigenvalue weighted by atomic mass is 32.1. The van der Waals surface area contributed by atoms with Crippen molar-refractivity contribution in [3.8, 4) is 0 Å². The largest absolute Gasteiger partial charge is 0.318 e. The van der Waals surface area contributed by atoms with E-state index in [9.17, 15) is 4.79 Å². The number of hydrogen-bond acceptors (Lipinski definition) is 4. The number of nitrogens with one attached hydrogen (secondary N) is 2. The van der Waals surface area contributed by atoms with Gasteiger partial charge in [0.1, 0.15) is 0 Å².